The van der Waals surface area contributed by atoms with E-state index >= 15 is 0 Å². The highest BCUT2D eigenvalue weighted by Gasteiger charge is 2.47. The maximum Gasteiger partial charge on any atom is 0.248 e. The quantitative estimate of drug-likeness (QED) is 0.725. The van der Waals surface area contributed by atoms with E-state index < -0.39 is 11.6 Å². The zero-order chi connectivity index (χ0) is 19.4. The van der Waals surface area contributed by atoms with Crippen LogP contribution in [-0.2, 0) is 9.59 Å². The van der Waals surface area contributed by atoms with Crippen molar-refractivity contribution >= 4 is 17.5 Å². The first-order valence-corrected chi connectivity index (χ1v) is 9.69. The Kier molecular flexibility index (Phi) is 5.89. The van der Waals surface area contributed by atoms with Crippen molar-refractivity contribution in [3.63, 3.8) is 0 Å². The number of carbonyl (C=O) groups is 2. The van der Waals surface area contributed by atoms with Gasteiger partial charge in [0.25, 0.3) is 0 Å². The lowest BCUT2D eigenvalue weighted by atomic mass is 9.80. The molecule has 4 N–H and O–H groups in total. The van der Waals surface area contributed by atoms with E-state index in [4.69, 9.17) is 10.5 Å². The third-order valence-electron chi connectivity index (χ3n) is 5.73. The average molecular weight is 374 g/mol. The number of nitrogens with two attached hydrogens (primary N) is 1. The van der Waals surface area contributed by atoms with Gasteiger partial charge in [0, 0.05) is 25.3 Å². The highest BCUT2D eigenvalue weighted by Crippen LogP contribution is 2.35. The third-order valence-corrected chi connectivity index (χ3v) is 5.73. The first-order valence-electron chi connectivity index (χ1n) is 9.69. The molecule has 1 aromatic carbocycles. The van der Waals surface area contributed by atoms with Gasteiger partial charge in [-0.2, -0.15) is 0 Å². The number of likely N-dealkylation sites (tertiary alicyclic amines) is 1. The number of hydrogen-bond donors (Lipinski definition) is 3. The van der Waals surface area contributed by atoms with E-state index in [0.717, 1.165) is 43.5 Å². The van der Waals surface area contributed by atoms with Gasteiger partial charge in [-0.3, -0.25) is 9.59 Å². The number of benzene rings is 1. The van der Waals surface area contributed by atoms with Gasteiger partial charge < -0.3 is 26.0 Å². The van der Waals surface area contributed by atoms with E-state index in [1.165, 1.54) is 0 Å². The van der Waals surface area contributed by atoms with Crippen LogP contribution in [0.3, 0.4) is 0 Å². The van der Waals surface area contributed by atoms with E-state index in [1.54, 1.807) is 19.1 Å². The van der Waals surface area contributed by atoms with Crippen molar-refractivity contribution in [2.45, 2.75) is 56.1 Å². The molecule has 0 radical (unpaired) electrons. The van der Waals surface area contributed by atoms with Crippen LogP contribution in [0.1, 0.15) is 38.5 Å². The summed E-state index contributed by atoms with van der Waals surface area (Å²) < 4.78 is 5.22. The molecule has 148 valence electrons. The molecule has 27 heavy (non-hydrogen) atoms. The molecule has 1 heterocycles. The second kappa shape index (κ2) is 8.17. The van der Waals surface area contributed by atoms with Gasteiger partial charge in [0.1, 0.15) is 17.3 Å². The Balaban J connectivity index is 1.86. The Hall–Kier alpha value is -2.28. The molecule has 2 atom stereocenters. The van der Waals surface area contributed by atoms with E-state index in [0.29, 0.717) is 13.0 Å². The average Bonchev–Trinajstić information content (AvgIpc) is 3.09. The van der Waals surface area contributed by atoms with Gasteiger partial charge in [-0.25, -0.2) is 0 Å². The number of methoxy groups -OCH3 is 1. The smallest absolute Gasteiger partial charge is 0.248 e. The van der Waals surface area contributed by atoms with Gasteiger partial charge in [-0.1, -0.05) is 19.3 Å². The summed E-state index contributed by atoms with van der Waals surface area (Å²) in [5.41, 5.74) is 6.28. The Morgan fingerprint density at radius 2 is 1.85 bits per heavy atom. The van der Waals surface area contributed by atoms with Crippen LogP contribution < -0.4 is 21.1 Å². The van der Waals surface area contributed by atoms with Crippen LogP contribution in [-0.4, -0.2) is 55.0 Å². The van der Waals surface area contributed by atoms with Crippen LogP contribution in [0.15, 0.2) is 24.3 Å². The highest BCUT2D eigenvalue weighted by atomic mass is 16.5. The fraction of sp³-hybridized carbons (Fsp3) is 0.600. The summed E-state index contributed by atoms with van der Waals surface area (Å²) in [6.07, 6.45) is 5.11. The Morgan fingerprint density at radius 1 is 1.19 bits per heavy atom. The molecule has 2 amide bonds. The molecule has 1 aliphatic heterocycles. The van der Waals surface area contributed by atoms with Crippen LogP contribution in [0.25, 0.3) is 0 Å². The number of amides is 2. The first kappa shape index (κ1) is 19.5. The molecule has 0 bridgehead atoms. The fourth-order valence-electron chi connectivity index (χ4n) is 4.28. The number of rotatable bonds is 5. The summed E-state index contributed by atoms with van der Waals surface area (Å²) in [4.78, 5) is 27.6. The molecule has 3 rings (SSSR count). The zero-order valence-electron chi connectivity index (χ0n) is 16.2. The van der Waals surface area contributed by atoms with Gasteiger partial charge in [0.15, 0.2) is 0 Å². The lowest BCUT2D eigenvalue weighted by Gasteiger charge is -2.41. The minimum Gasteiger partial charge on any atom is -0.497 e. The first-order chi connectivity index (χ1) is 13.0. The molecule has 7 nitrogen and oxygen atoms in total. The number of nitrogens with one attached hydrogen (secondary N) is 2. The molecule has 1 aromatic rings. The SMILES string of the molecule is CNC(=O)[C@@H]1C[C@H](N)CN1C(=O)C1(Nc2ccc(OC)cc2)CCCCC1. The second-order valence-electron chi connectivity index (χ2n) is 7.58. The Morgan fingerprint density at radius 3 is 2.44 bits per heavy atom. The summed E-state index contributed by atoms with van der Waals surface area (Å²) in [6.45, 7) is 0.420. The van der Waals surface area contributed by atoms with Crippen LogP contribution in [0.2, 0.25) is 0 Å². The largest absolute Gasteiger partial charge is 0.497 e. The van der Waals surface area contributed by atoms with Crippen molar-refractivity contribution in [1.82, 2.24) is 10.2 Å². The molecule has 0 unspecified atom stereocenters. The number of likely N-dealkylation sites (N-methyl/N-ethyl adjacent to an activating group) is 1. The molecule has 1 saturated carbocycles. The normalized spacial score (nSPS) is 24.3. The lowest BCUT2D eigenvalue weighted by molar-refractivity contribution is -0.142. The summed E-state index contributed by atoms with van der Waals surface area (Å²) in [5, 5.41) is 6.16. The number of anilines is 1. The van der Waals surface area contributed by atoms with Crippen LogP contribution >= 0.6 is 0 Å². The van der Waals surface area contributed by atoms with E-state index in [9.17, 15) is 9.59 Å². The Labute approximate surface area is 160 Å². The summed E-state index contributed by atoms with van der Waals surface area (Å²) in [5.74, 6) is 0.612. The van der Waals surface area contributed by atoms with Gasteiger partial charge in [0.05, 0.1) is 7.11 Å². The molecular weight excluding hydrogens is 344 g/mol. The van der Waals surface area contributed by atoms with Gasteiger partial charge >= 0.3 is 0 Å². The molecule has 1 aliphatic carbocycles. The summed E-state index contributed by atoms with van der Waals surface area (Å²) in [6, 6.07) is 6.94. The minimum absolute atomic E-state index is 0.0143. The van der Waals surface area contributed by atoms with E-state index in [2.05, 4.69) is 10.6 Å². The third kappa shape index (κ3) is 4.03. The molecular formula is C20H30N4O3. The van der Waals surface area contributed by atoms with Gasteiger partial charge in [-0.15, -0.1) is 0 Å². The number of carbonyl (C=O) groups excluding carboxylic acids is 2. The van der Waals surface area contributed by atoms with Crippen molar-refractivity contribution < 1.29 is 14.3 Å². The van der Waals surface area contributed by atoms with Crippen LogP contribution in [0.5, 0.6) is 5.75 Å². The molecule has 2 aliphatic rings. The molecule has 0 aromatic heterocycles. The van der Waals surface area contributed by atoms with E-state index in [1.807, 2.05) is 24.3 Å². The van der Waals surface area contributed by atoms with Crippen molar-refractivity contribution in [2.75, 3.05) is 26.0 Å². The number of ether oxygens (including phenoxy) is 1. The maximum absolute atomic E-state index is 13.6. The van der Waals surface area contributed by atoms with Gasteiger partial charge in [0.2, 0.25) is 11.8 Å². The highest BCUT2D eigenvalue weighted by molar-refractivity contribution is 5.94. The van der Waals surface area contributed by atoms with Crippen LogP contribution in [0, 0.1) is 0 Å². The van der Waals surface area contributed by atoms with Crippen molar-refractivity contribution in [1.29, 1.82) is 0 Å². The Bertz CT molecular complexity index is 670. The molecule has 2 fully saturated rings. The minimum atomic E-state index is -0.691. The topological polar surface area (TPSA) is 96.7 Å². The van der Waals surface area contributed by atoms with Gasteiger partial charge in [-0.05, 0) is 43.5 Å². The van der Waals surface area contributed by atoms with E-state index in [-0.39, 0.29) is 17.9 Å². The van der Waals surface area contributed by atoms with Crippen molar-refractivity contribution in [3.8, 4) is 5.75 Å². The number of hydrogen-bond acceptors (Lipinski definition) is 5. The fourth-order valence-corrected chi connectivity index (χ4v) is 4.28. The predicted molar refractivity (Wildman–Crippen MR) is 105 cm³/mol. The van der Waals surface area contributed by atoms with Crippen LogP contribution in [0.4, 0.5) is 5.69 Å². The predicted octanol–water partition coefficient (Wildman–Crippen LogP) is 1.48. The molecule has 7 heteroatoms. The zero-order valence-corrected chi connectivity index (χ0v) is 16.2. The maximum atomic E-state index is 13.6. The molecule has 0 spiro atoms. The monoisotopic (exact) mass is 374 g/mol. The van der Waals surface area contributed by atoms with Crippen molar-refractivity contribution in [3.05, 3.63) is 24.3 Å². The van der Waals surface area contributed by atoms with Crippen molar-refractivity contribution in [2.24, 2.45) is 5.73 Å². The number of nitrogens with zero attached hydrogens (tertiary/aromatic N) is 1. The molecule has 1 saturated heterocycles. The standard InChI is InChI=1S/C20H30N4O3/c1-22-18(25)17-12-14(21)13-24(17)19(26)20(10-4-3-5-11-20)23-15-6-8-16(27-2)9-7-15/h6-9,14,17,23H,3-5,10-13,21H2,1-2H3,(H,22,25)/t14-,17-/m0/s1. The summed E-state index contributed by atoms with van der Waals surface area (Å²) in [7, 11) is 3.23. The lowest BCUT2D eigenvalue weighted by Crippen LogP contribution is -2.58. The summed E-state index contributed by atoms with van der Waals surface area (Å²) >= 11 is 0. The second-order valence-corrected chi connectivity index (χ2v) is 7.58.